The minimum Gasteiger partial charge on any atom is -0.484 e. The number of para-hydroxylation sites is 1. The van der Waals surface area contributed by atoms with E-state index in [2.05, 4.69) is 11.4 Å². The minimum absolute atomic E-state index is 0.0482. The van der Waals surface area contributed by atoms with Gasteiger partial charge in [0.2, 0.25) is 0 Å². The van der Waals surface area contributed by atoms with E-state index in [0.29, 0.717) is 5.75 Å². The van der Waals surface area contributed by atoms with Crippen molar-refractivity contribution >= 4 is 5.91 Å². The van der Waals surface area contributed by atoms with E-state index in [1.165, 1.54) is 0 Å². The first-order valence-corrected chi connectivity index (χ1v) is 7.14. The molecule has 20 heavy (non-hydrogen) atoms. The molecule has 0 heterocycles. The van der Waals surface area contributed by atoms with Gasteiger partial charge in [-0.2, -0.15) is 5.26 Å². The summed E-state index contributed by atoms with van der Waals surface area (Å²) >= 11 is 0. The molecule has 4 heteroatoms. The topological polar surface area (TPSA) is 62.1 Å². The normalized spacial score (nSPS) is 17.6. The molecular formula is C16H20N2O2. The van der Waals surface area contributed by atoms with E-state index >= 15 is 0 Å². The molecule has 0 spiro atoms. The molecule has 1 amide bonds. The highest BCUT2D eigenvalue weighted by molar-refractivity contribution is 5.78. The summed E-state index contributed by atoms with van der Waals surface area (Å²) < 4.78 is 5.41. The van der Waals surface area contributed by atoms with Gasteiger partial charge in [0.05, 0.1) is 6.07 Å². The molecule has 1 N–H and O–H groups in total. The highest BCUT2D eigenvalue weighted by atomic mass is 16.5. The monoisotopic (exact) mass is 272 g/mol. The van der Waals surface area contributed by atoms with Gasteiger partial charge in [-0.25, -0.2) is 0 Å². The first-order chi connectivity index (χ1) is 9.74. The van der Waals surface area contributed by atoms with Crippen molar-refractivity contribution < 1.29 is 9.53 Å². The van der Waals surface area contributed by atoms with Crippen molar-refractivity contribution in [3.63, 3.8) is 0 Å². The maximum absolute atomic E-state index is 12.0. The first kappa shape index (κ1) is 14.4. The van der Waals surface area contributed by atoms with Crippen LogP contribution in [0.3, 0.4) is 0 Å². The Morgan fingerprint density at radius 2 is 1.85 bits per heavy atom. The fourth-order valence-electron chi connectivity index (χ4n) is 2.57. The second kappa shape index (κ2) is 6.95. The largest absolute Gasteiger partial charge is 0.484 e. The maximum Gasteiger partial charge on any atom is 0.259 e. The zero-order valence-corrected chi connectivity index (χ0v) is 11.6. The quantitative estimate of drug-likeness (QED) is 0.857. The molecule has 1 saturated carbocycles. The van der Waals surface area contributed by atoms with Crippen molar-refractivity contribution in [1.29, 1.82) is 5.26 Å². The number of nitrogens with one attached hydrogen (secondary N) is 1. The summed E-state index contributed by atoms with van der Waals surface area (Å²) in [5, 5.41) is 12.3. The number of ether oxygens (including phenoxy) is 1. The highest BCUT2D eigenvalue weighted by Gasteiger charge is 2.32. The molecule has 1 aliphatic carbocycles. The molecule has 1 aliphatic rings. The van der Waals surface area contributed by atoms with Crippen LogP contribution in [-0.2, 0) is 4.79 Å². The smallest absolute Gasteiger partial charge is 0.259 e. The molecule has 0 atom stereocenters. The fourth-order valence-corrected chi connectivity index (χ4v) is 2.57. The van der Waals surface area contributed by atoms with E-state index in [0.717, 1.165) is 38.5 Å². The van der Waals surface area contributed by atoms with Crippen LogP contribution < -0.4 is 10.1 Å². The lowest BCUT2D eigenvalue weighted by molar-refractivity contribution is -0.124. The van der Waals surface area contributed by atoms with Crippen LogP contribution in [0.1, 0.15) is 38.5 Å². The van der Waals surface area contributed by atoms with E-state index in [-0.39, 0.29) is 12.5 Å². The Labute approximate surface area is 119 Å². The van der Waals surface area contributed by atoms with Crippen molar-refractivity contribution in [2.75, 3.05) is 6.61 Å². The number of nitrogens with zero attached hydrogens (tertiary/aromatic N) is 1. The molecule has 1 fully saturated rings. The average molecular weight is 272 g/mol. The second-order valence-electron chi connectivity index (χ2n) is 5.26. The molecule has 1 aromatic rings. The molecule has 0 radical (unpaired) electrons. The Morgan fingerprint density at radius 1 is 1.20 bits per heavy atom. The van der Waals surface area contributed by atoms with Gasteiger partial charge in [0.1, 0.15) is 11.3 Å². The van der Waals surface area contributed by atoms with Gasteiger partial charge in [-0.1, -0.05) is 43.9 Å². The van der Waals surface area contributed by atoms with Gasteiger partial charge in [-0.15, -0.1) is 0 Å². The predicted molar refractivity (Wildman–Crippen MR) is 76.1 cm³/mol. The Balaban J connectivity index is 1.87. The summed E-state index contributed by atoms with van der Waals surface area (Å²) in [5.74, 6) is 0.437. The highest BCUT2D eigenvalue weighted by Crippen LogP contribution is 2.26. The summed E-state index contributed by atoms with van der Waals surface area (Å²) in [6.07, 6.45) is 5.74. The third-order valence-electron chi connectivity index (χ3n) is 3.66. The van der Waals surface area contributed by atoms with Gasteiger partial charge in [-0.05, 0) is 25.0 Å². The summed E-state index contributed by atoms with van der Waals surface area (Å²) in [6.45, 7) is -0.0482. The van der Waals surface area contributed by atoms with Crippen molar-refractivity contribution in [1.82, 2.24) is 5.32 Å². The summed E-state index contributed by atoms with van der Waals surface area (Å²) in [4.78, 5) is 12.0. The van der Waals surface area contributed by atoms with Crippen LogP contribution in [0.5, 0.6) is 5.75 Å². The lowest BCUT2D eigenvalue weighted by Crippen LogP contribution is -2.48. The van der Waals surface area contributed by atoms with Gasteiger partial charge in [-0.3, -0.25) is 4.79 Å². The van der Waals surface area contributed by atoms with Crippen LogP contribution >= 0.6 is 0 Å². The van der Waals surface area contributed by atoms with E-state index < -0.39 is 5.54 Å². The van der Waals surface area contributed by atoms with Gasteiger partial charge < -0.3 is 10.1 Å². The fraction of sp³-hybridized carbons (Fsp3) is 0.500. The lowest BCUT2D eigenvalue weighted by atomic mass is 9.92. The number of hydrogen-bond donors (Lipinski definition) is 1. The molecule has 0 bridgehead atoms. The van der Waals surface area contributed by atoms with Gasteiger partial charge in [0.25, 0.3) is 5.91 Å². The zero-order valence-electron chi connectivity index (χ0n) is 11.6. The molecular weight excluding hydrogens is 252 g/mol. The van der Waals surface area contributed by atoms with Crippen molar-refractivity contribution in [2.24, 2.45) is 0 Å². The number of benzene rings is 1. The summed E-state index contributed by atoms with van der Waals surface area (Å²) in [7, 11) is 0. The average Bonchev–Trinajstić information content (AvgIpc) is 2.72. The lowest BCUT2D eigenvalue weighted by Gasteiger charge is -2.26. The van der Waals surface area contributed by atoms with E-state index in [4.69, 9.17) is 4.74 Å². The van der Waals surface area contributed by atoms with Crippen LogP contribution in [-0.4, -0.2) is 18.1 Å². The van der Waals surface area contributed by atoms with Crippen molar-refractivity contribution in [2.45, 2.75) is 44.1 Å². The second-order valence-corrected chi connectivity index (χ2v) is 5.26. The van der Waals surface area contributed by atoms with E-state index in [1.807, 2.05) is 18.2 Å². The first-order valence-electron chi connectivity index (χ1n) is 7.14. The molecule has 1 aromatic carbocycles. The molecule has 2 rings (SSSR count). The Hall–Kier alpha value is -2.02. The number of amides is 1. The Kier molecular flexibility index (Phi) is 5.00. The third-order valence-corrected chi connectivity index (χ3v) is 3.66. The van der Waals surface area contributed by atoms with Crippen molar-refractivity contribution in [3.8, 4) is 11.8 Å². The summed E-state index contributed by atoms with van der Waals surface area (Å²) in [6, 6.07) is 11.5. The summed E-state index contributed by atoms with van der Waals surface area (Å²) in [5.41, 5.74) is -0.701. The molecule has 0 aliphatic heterocycles. The molecule has 106 valence electrons. The number of hydrogen-bond acceptors (Lipinski definition) is 3. The zero-order chi connectivity index (χ0) is 14.3. The number of rotatable bonds is 4. The van der Waals surface area contributed by atoms with Crippen molar-refractivity contribution in [3.05, 3.63) is 30.3 Å². The standard InChI is InChI=1S/C16H20N2O2/c17-13-16(10-6-1-2-7-11-16)18-15(19)12-20-14-8-4-3-5-9-14/h3-5,8-9H,1-2,6-7,10-12H2,(H,18,19). The number of carbonyl (C=O) groups is 1. The SMILES string of the molecule is N#CC1(NC(=O)COc2ccccc2)CCCCCC1. The third kappa shape index (κ3) is 3.99. The minimum atomic E-state index is -0.701. The molecule has 4 nitrogen and oxygen atoms in total. The van der Waals surface area contributed by atoms with Crippen LogP contribution in [0.4, 0.5) is 0 Å². The number of carbonyl (C=O) groups excluding carboxylic acids is 1. The van der Waals surface area contributed by atoms with Gasteiger partial charge >= 0.3 is 0 Å². The van der Waals surface area contributed by atoms with E-state index in [1.54, 1.807) is 12.1 Å². The molecule has 0 aromatic heterocycles. The van der Waals surface area contributed by atoms with Crippen LogP contribution in [0, 0.1) is 11.3 Å². The van der Waals surface area contributed by atoms with E-state index in [9.17, 15) is 10.1 Å². The van der Waals surface area contributed by atoms with Crippen LogP contribution in [0.2, 0.25) is 0 Å². The maximum atomic E-state index is 12.0. The van der Waals surface area contributed by atoms with Crippen LogP contribution in [0.25, 0.3) is 0 Å². The Bertz CT molecular complexity index is 471. The Morgan fingerprint density at radius 3 is 2.45 bits per heavy atom. The van der Waals surface area contributed by atoms with Gasteiger partial charge in [0.15, 0.2) is 6.61 Å². The predicted octanol–water partition coefficient (Wildman–Crippen LogP) is 2.80. The molecule has 0 unspecified atom stereocenters. The number of nitriles is 1. The van der Waals surface area contributed by atoms with Crippen LogP contribution in [0.15, 0.2) is 30.3 Å². The molecule has 0 saturated heterocycles. The van der Waals surface area contributed by atoms with Gasteiger partial charge in [0, 0.05) is 0 Å².